The van der Waals surface area contributed by atoms with Gasteiger partial charge in [-0.15, -0.1) is 0 Å². The van der Waals surface area contributed by atoms with Crippen molar-refractivity contribution in [3.63, 3.8) is 0 Å². The molecule has 0 spiro atoms. The van der Waals surface area contributed by atoms with E-state index in [1.165, 1.54) is 5.69 Å². The molecule has 3 rings (SSSR count). The smallest absolute Gasteiger partial charge is 0.0990 e. The van der Waals surface area contributed by atoms with Gasteiger partial charge in [-0.2, -0.15) is 0 Å². The third-order valence-corrected chi connectivity index (χ3v) is 3.30. The summed E-state index contributed by atoms with van der Waals surface area (Å²) in [6, 6.07) is 18.2. The minimum Gasteiger partial charge on any atom is -0.328 e. The minimum atomic E-state index is 0.775. The molecule has 0 saturated heterocycles. The number of para-hydroxylation sites is 2. The fourth-order valence-electron chi connectivity index (χ4n) is 2.05. The lowest BCUT2D eigenvalue weighted by molar-refractivity contribution is 0.976. The van der Waals surface area contributed by atoms with E-state index in [1.807, 2.05) is 48.7 Å². The standard InChI is InChI=1S/C15H13ClN2/c16-14-8-4-5-9-15(14)18-11-10-17(12-18)13-6-2-1-3-7-13/h1-11H,12H2. The fraction of sp³-hybridized carbons (Fsp3) is 0.0667. The summed E-state index contributed by atoms with van der Waals surface area (Å²) in [6.45, 7) is 0.785. The van der Waals surface area contributed by atoms with Gasteiger partial charge in [-0.3, -0.25) is 0 Å². The summed E-state index contributed by atoms with van der Waals surface area (Å²) in [5, 5.41) is 0.775. The fourth-order valence-corrected chi connectivity index (χ4v) is 2.29. The zero-order chi connectivity index (χ0) is 12.4. The van der Waals surface area contributed by atoms with Gasteiger partial charge in [0.15, 0.2) is 0 Å². The van der Waals surface area contributed by atoms with Crippen LogP contribution in [0, 0.1) is 0 Å². The maximum atomic E-state index is 6.20. The van der Waals surface area contributed by atoms with Crippen molar-refractivity contribution in [2.24, 2.45) is 0 Å². The Bertz CT molecular complexity index is 566. The Morgan fingerprint density at radius 1 is 0.778 bits per heavy atom. The summed E-state index contributed by atoms with van der Waals surface area (Å²) in [4.78, 5) is 4.32. The van der Waals surface area contributed by atoms with Gasteiger partial charge >= 0.3 is 0 Å². The van der Waals surface area contributed by atoms with Gasteiger partial charge in [-0.05, 0) is 24.3 Å². The quantitative estimate of drug-likeness (QED) is 0.798. The first-order valence-corrected chi connectivity index (χ1v) is 6.23. The molecule has 0 unspecified atom stereocenters. The van der Waals surface area contributed by atoms with E-state index in [2.05, 4.69) is 28.1 Å². The third kappa shape index (κ3) is 2.07. The summed E-state index contributed by atoms with van der Waals surface area (Å²) in [7, 11) is 0. The Balaban J connectivity index is 1.81. The van der Waals surface area contributed by atoms with Gasteiger partial charge in [0.25, 0.3) is 0 Å². The zero-order valence-corrected chi connectivity index (χ0v) is 10.6. The van der Waals surface area contributed by atoms with Crippen molar-refractivity contribution in [2.45, 2.75) is 0 Å². The van der Waals surface area contributed by atoms with E-state index < -0.39 is 0 Å². The topological polar surface area (TPSA) is 6.48 Å². The van der Waals surface area contributed by atoms with Crippen molar-refractivity contribution in [3.8, 4) is 0 Å². The first-order chi connectivity index (χ1) is 8.84. The molecule has 0 fully saturated rings. The van der Waals surface area contributed by atoms with Crippen LogP contribution >= 0.6 is 11.6 Å². The molecular weight excluding hydrogens is 244 g/mol. The van der Waals surface area contributed by atoms with Gasteiger partial charge in [0, 0.05) is 18.1 Å². The van der Waals surface area contributed by atoms with Gasteiger partial charge in [-0.1, -0.05) is 41.9 Å². The van der Waals surface area contributed by atoms with Crippen LogP contribution in [0.2, 0.25) is 5.02 Å². The van der Waals surface area contributed by atoms with Gasteiger partial charge in [-0.25, -0.2) is 0 Å². The molecule has 1 aliphatic rings. The van der Waals surface area contributed by atoms with E-state index >= 15 is 0 Å². The van der Waals surface area contributed by atoms with E-state index in [-0.39, 0.29) is 0 Å². The molecule has 1 aliphatic heterocycles. The molecule has 3 heteroatoms. The highest BCUT2D eigenvalue weighted by Crippen LogP contribution is 2.29. The first kappa shape index (κ1) is 11.2. The van der Waals surface area contributed by atoms with E-state index in [1.54, 1.807) is 0 Å². The molecule has 2 aromatic carbocycles. The third-order valence-electron chi connectivity index (χ3n) is 2.98. The van der Waals surface area contributed by atoms with E-state index in [0.717, 1.165) is 17.4 Å². The number of hydrogen-bond donors (Lipinski definition) is 0. The minimum absolute atomic E-state index is 0.775. The number of rotatable bonds is 2. The van der Waals surface area contributed by atoms with Crippen LogP contribution in [0.25, 0.3) is 0 Å². The van der Waals surface area contributed by atoms with Crippen LogP contribution in [0.1, 0.15) is 0 Å². The second-order valence-corrected chi connectivity index (χ2v) is 4.57. The van der Waals surface area contributed by atoms with Crippen LogP contribution in [0.15, 0.2) is 67.0 Å². The Morgan fingerprint density at radius 2 is 1.44 bits per heavy atom. The van der Waals surface area contributed by atoms with Crippen LogP contribution < -0.4 is 9.80 Å². The van der Waals surface area contributed by atoms with Crippen LogP contribution in [0.3, 0.4) is 0 Å². The number of anilines is 2. The largest absolute Gasteiger partial charge is 0.328 e. The molecule has 0 N–H and O–H groups in total. The summed E-state index contributed by atoms with van der Waals surface area (Å²) >= 11 is 6.20. The Labute approximate surface area is 112 Å². The monoisotopic (exact) mass is 256 g/mol. The van der Waals surface area contributed by atoms with Crippen molar-refractivity contribution in [3.05, 3.63) is 72.0 Å². The average Bonchev–Trinajstić information content (AvgIpc) is 2.90. The highest BCUT2D eigenvalue weighted by atomic mass is 35.5. The van der Waals surface area contributed by atoms with E-state index in [0.29, 0.717) is 0 Å². The maximum absolute atomic E-state index is 6.20. The molecule has 2 aromatic rings. The molecule has 90 valence electrons. The van der Waals surface area contributed by atoms with Crippen molar-refractivity contribution < 1.29 is 0 Å². The van der Waals surface area contributed by atoms with Crippen molar-refractivity contribution >= 4 is 23.0 Å². The number of hydrogen-bond acceptors (Lipinski definition) is 2. The first-order valence-electron chi connectivity index (χ1n) is 5.86. The number of nitrogens with zero attached hydrogens (tertiary/aromatic N) is 2. The molecule has 0 saturated carbocycles. The Morgan fingerprint density at radius 3 is 2.22 bits per heavy atom. The van der Waals surface area contributed by atoms with Gasteiger partial charge in [0.05, 0.1) is 17.4 Å². The van der Waals surface area contributed by atoms with Crippen LogP contribution in [-0.4, -0.2) is 6.67 Å². The number of halogens is 1. The van der Waals surface area contributed by atoms with Gasteiger partial charge < -0.3 is 9.80 Å². The van der Waals surface area contributed by atoms with Gasteiger partial charge in [0.2, 0.25) is 0 Å². The van der Waals surface area contributed by atoms with Crippen molar-refractivity contribution in [1.82, 2.24) is 0 Å². The molecule has 1 heterocycles. The summed E-state index contributed by atoms with van der Waals surface area (Å²) in [6.07, 6.45) is 4.12. The molecule has 0 aliphatic carbocycles. The van der Waals surface area contributed by atoms with E-state index in [4.69, 9.17) is 11.6 Å². The van der Waals surface area contributed by atoms with Crippen molar-refractivity contribution in [1.29, 1.82) is 0 Å². The van der Waals surface area contributed by atoms with Crippen LogP contribution in [0.4, 0.5) is 11.4 Å². The molecule has 0 aromatic heterocycles. The maximum Gasteiger partial charge on any atom is 0.0990 e. The van der Waals surface area contributed by atoms with E-state index in [9.17, 15) is 0 Å². The lowest BCUT2D eigenvalue weighted by Gasteiger charge is -2.22. The van der Waals surface area contributed by atoms with Crippen LogP contribution in [-0.2, 0) is 0 Å². The van der Waals surface area contributed by atoms with Gasteiger partial charge in [0.1, 0.15) is 0 Å². The second kappa shape index (κ2) is 4.75. The van der Waals surface area contributed by atoms with Crippen molar-refractivity contribution in [2.75, 3.05) is 16.5 Å². The summed E-state index contributed by atoms with van der Waals surface area (Å²) < 4.78 is 0. The predicted octanol–water partition coefficient (Wildman–Crippen LogP) is 4.10. The lowest BCUT2D eigenvalue weighted by Crippen LogP contribution is -2.24. The second-order valence-electron chi connectivity index (χ2n) is 4.17. The van der Waals surface area contributed by atoms with Crippen LogP contribution in [0.5, 0.6) is 0 Å². The summed E-state index contributed by atoms with van der Waals surface area (Å²) in [5.41, 5.74) is 2.22. The molecule has 0 bridgehead atoms. The summed E-state index contributed by atoms with van der Waals surface area (Å²) in [5.74, 6) is 0. The predicted molar refractivity (Wildman–Crippen MR) is 76.9 cm³/mol. The molecule has 18 heavy (non-hydrogen) atoms. The molecule has 0 amide bonds. The Kier molecular flexibility index (Phi) is 2.95. The molecule has 0 radical (unpaired) electrons. The zero-order valence-electron chi connectivity index (χ0n) is 9.83. The highest BCUT2D eigenvalue weighted by Gasteiger charge is 2.16. The SMILES string of the molecule is Clc1ccccc1N1C=CN(c2ccccc2)C1. The molecular formula is C15H13ClN2. The Hall–Kier alpha value is -1.93. The average molecular weight is 257 g/mol. The molecule has 2 nitrogen and oxygen atoms in total. The normalized spacial score (nSPS) is 14.3. The molecule has 0 atom stereocenters. The highest BCUT2D eigenvalue weighted by molar-refractivity contribution is 6.33. The lowest BCUT2D eigenvalue weighted by atomic mass is 10.3. The number of benzene rings is 2.